The third-order valence-electron chi connectivity index (χ3n) is 2.12. The third kappa shape index (κ3) is 5.45. The first-order valence-corrected chi connectivity index (χ1v) is 6.89. The van der Waals surface area contributed by atoms with E-state index in [1.807, 2.05) is 30.0 Å². The topological polar surface area (TPSA) is 12.0 Å². The molecular weight excluding hydrogens is 226 g/mol. The van der Waals surface area contributed by atoms with Crippen molar-refractivity contribution in [1.82, 2.24) is 5.32 Å². The molecule has 0 bridgehead atoms. The Morgan fingerprint density at radius 3 is 2.87 bits per heavy atom. The molecule has 0 fully saturated rings. The van der Waals surface area contributed by atoms with Crippen molar-refractivity contribution in [3.8, 4) is 0 Å². The maximum atomic E-state index is 6.04. The van der Waals surface area contributed by atoms with Crippen LogP contribution >= 0.6 is 23.4 Å². The summed E-state index contributed by atoms with van der Waals surface area (Å²) in [4.78, 5) is 0. The third-order valence-corrected chi connectivity index (χ3v) is 3.47. The molecule has 1 aromatic carbocycles. The summed E-state index contributed by atoms with van der Waals surface area (Å²) in [5.41, 5.74) is 1.18. The van der Waals surface area contributed by atoms with Gasteiger partial charge in [-0.05, 0) is 36.1 Å². The van der Waals surface area contributed by atoms with E-state index in [-0.39, 0.29) is 0 Å². The highest BCUT2D eigenvalue weighted by Gasteiger charge is 1.97. The minimum Gasteiger partial charge on any atom is -0.313 e. The second-order valence-corrected chi connectivity index (χ2v) is 5.12. The van der Waals surface area contributed by atoms with Crippen molar-refractivity contribution in [3.05, 3.63) is 34.9 Å². The van der Waals surface area contributed by atoms with E-state index in [0.29, 0.717) is 0 Å². The first-order valence-electron chi connectivity index (χ1n) is 5.36. The normalized spacial score (nSPS) is 10.5. The molecule has 0 spiro atoms. The van der Waals surface area contributed by atoms with Crippen LogP contribution in [0.4, 0.5) is 0 Å². The van der Waals surface area contributed by atoms with Gasteiger partial charge in [-0.2, -0.15) is 11.8 Å². The van der Waals surface area contributed by atoms with Crippen LogP contribution in [0.25, 0.3) is 0 Å². The van der Waals surface area contributed by atoms with E-state index >= 15 is 0 Å². The number of nitrogens with one attached hydrogen (secondary N) is 1. The molecule has 1 N–H and O–H groups in total. The van der Waals surface area contributed by atoms with Crippen molar-refractivity contribution in [1.29, 1.82) is 0 Å². The highest BCUT2D eigenvalue weighted by Crippen LogP contribution is 2.14. The summed E-state index contributed by atoms with van der Waals surface area (Å²) in [5.74, 6) is 2.45. The summed E-state index contributed by atoms with van der Waals surface area (Å²) in [6.45, 7) is 4.14. The van der Waals surface area contributed by atoms with Crippen molar-refractivity contribution in [3.63, 3.8) is 0 Å². The Kier molecular flexibility index (Phi) is 6.90. The Balaban J connectivity index is 2.12. The molecule has 1 aromatic rings. The second kappa shape index (κ2) is 8.03. The molecule has 0 aromatic heterocycles. The fourth-order valence-electron chi connectivity index (χ4n) is 1.31. The lowest BCUT2D eigenvalue weighted by atomic mass is 10.2. The minimum atomic E-state index is 0.855. The van der Waals surface area contributed by atoms with Gasteiger partial charge in [-0.15, -0.1) is 0 Å². The quantitative estimate of drug-likeness (QED) is 0.735. The fraction of sp³-hybridized carbons (Fsp3) is 0.500. The number of hydrogen-bond acceptors (Lipinski definition) is 2. The molecule has 0 saturated heterocycles. The molecule has 3 heteroatoms. The SMILES string of the molecule is CCSCCCNCc1ccccc1Cl. The van der Waals surface area contributed by atoms with E-state index in [1.165, 1.54) is 23.5 Å². The lowest BCUT2D eigenvalue weighted by molar-refractivity contribution is 0.679. The van der Waals surface area contributed by atoms with Gasteiger partial charge in [0.15, 0.2) is 0 Å². The first kappa shape index (κ1) is 12.9. The number of halogens is 1. The smallest absolute Gasteiger partial charge is 0.0450 e. The van der Waals surface area contributed by atoms with Crippen LogP contribution in [0.1, 0.15) is 18.9 Å². The zero-order valence-electron chi connectivity index (χ0n) is 9.13. The number of hydrogen-bond donors (Lipinski definition) is 1. The molecule has 0 amide bonds. The zero-order chi connectivity index (χ0) is 10.9. The average Bonchev–Trinajstić information content (AvgIpc) is 2.25. The highest BCUT2D eigenvalue weighted by atomic mass is 35.5. The van der Waals surface area contributed by atoms with Gasteiger partial charge in [0.25, 0.3) is 0 Å². The summed E-state index contributed by atoms with van der Waals surface area (Å²) in [5, 5.41) is 4.26. The molecule has 0 radical (unpaired) electrons. The minimum absolute atomic E-state index is 0.855. The molecule has 0 aliphatic rings. The van der Waals surface area contributed by atoms with E-state index in [2.05, 4.69) is 18.3 Å². The van der Waals surface area contributed by atoms with Crippen molar-refractivity contribution < 1.29 is 0 Å². The van der Waals surface area contributed by atoms with E-state index in [0.717, 1.165) is 18.1 Å². The molecule has 0 unspecified atom stereocenters. The van der Waals surface area contributed by atoms with Gasteiger partial charge >= 0.3 is 0 Å². The summed E-state index contributed by atoms with van der Waals surface area (Å²) < 4.78 is 0. The molecular formula is C12H18ClNS. The van der Waals surface area contributed by atoms with Crippen LogP contribution in [-0.4, -0.2) is 18.1 Å². The van der Waals surface area contributed by atoms with Crippen LogP contribution in [0.3, 0.4) is 0 Å². The van der Waals surface area contributed by atoms with Crippen molar-refractivity contribution in [2.24, 2.45) is 0 Å². The summed E-state index contributed by atoms with van der Waals surface area (Å²) in [6, 6.07) is 7.99. The molecule has 0 heterocycles. The molecule has 15 heavy (non-hydrogen) atoms. The van der Waals surface area contributed by atoms with E-state index in [1.54, 1.807) is 0 Å². The van der Waals surface area contributed by atoms with Crippen LogP contribution in [0.2, 0.25) is 5.02 Å². The maximum absolute atomic E-state index is 6.04. The maximum Gasteiger partial charge on any atom is 0.0450 e. The lowest BCUT2D eigenvalue weighted by Gasteiger charge is -2.06. The van der Waals surface area contributed by atoms with E-state index in [9.17, 15) is 0 Å². The van der Waals surface area contributed by atoms with Gasteiger partial charge in [-0.1, -0.05) is 36.7 Å². The second-order valence-electron chi connectivity index (χ2n) is 3.32. The predicted molar refractivity (Wildman–Crippen MR) is 70.8 cm³/mol. The van der Waals surface area contributed by atoms with Gasteiger partial charge in [0.2, 0.25) is 0 Å². The van der Waals surface area contributed by atoms with Crippen molar-refractivity contribution >= 4 is 23.4 Å². The molecule has 1 rings (SSSR count). The molecule has 0 aliphatic carbocycles. The zero-order valence-corrected chi connectivity index (χ0v) is 10.7. The summed E-state index contributed by atoms with van der Waals surface area (Å²) in [6.07, 6.45) is 1.23. The summed E-state index contributed by atoms with van der Waals surface area (Å²) in [7, 11) is 0. The van der Waals surface area contributed by atoms with Gasteiger partial charge in [0.05, 0.1) is 0 Å². The Morgan fingerprint density at radius 1 is 1.33 bits per heavy atom. The number of rotatable bonds is 7. The van der Waals surface area contributed by atoms with E-state index < -0.39 is 0 Å². The average molecular weight is 244 g/mol. The van der Waals surface area contributed by atoms with Crippen LogP contribution in [0, 0.1) is 0 Å². The van der Waals surface area contributed by atoms with E-state index in [4.69, 9.17) is 11.6 Å². The van der Waals surface area contributed by atoms with Crippen LogP contribution in [0.5, 0.6) is 0 Å². The fourth-order valence-corrected chi connectivity index (χ4v) is 2.15. The van der Waals surface area contributed by atoms with Crippen LogP contribution < -0.4 is 5.32 Å². The van der Waals surface area contributed by atoms with Gasteiger partial charge in [0, 0.05) is 11.6 Å². The Morgan fingerprint density at radius 2 is 2.13 bits per heavy atom. The molecule has 0 atom stereocenters. The number of thioether (sulfide) groups is 1. The molecule has 0 aliphatic heterocycles. The van der Waals surface area contributed by atoms with Gasteiger partial charge in [-0.3, -0.25) is 0 Å². The van der Waals surface area contributed by atoms with Gasteiger partial charge < -0.3 is 5.32 Å². The molecule has 84 valence electrons. The van der Waals surface area contributed by atoms with Crippen molar-refractivity contribution in [2.75, 3.05) is 18.1 Å². The van der Waals surface area contributed by atoms with Gasteiger partial charge in [-0.25, -0.2) is 0 Å². The lowest BCUT2D eigenvalue weighted by Crippen LogP contribution is -2.15. The Hall–Kier alpha value is -0.180. The van der Waals surface area contributed by atoms with Crippen molar-refractivity contribution in [2.45, 2.75) is 19.9 Å². The first-order chi connectivity index (χ1) is 7.34. The predicted octanol–water partition coefficient (Wildman–Crippen LogP) is 3.57. The number of benzene rings is 1. The highest BCUT2D eigenvalue weighted by molar-refractivity contribution is 7.99. The monoisotopic (exact) mass is 243 g/mol. The van der Waals surface area contributed by atoms with Crippen LogP contribution in [-0.2, 0) is 6.54 Å². The standard InChI is InChI=1S/C12H18ClNS/c1-2-15-9-5-8-14-10-11-6-3-4-7-12(11)13/h3-4,6-7,14H,2,5,8-10H2,1H3. The Labute approximate surface area is 102 Å². The van der Waals surface area contributed by atoms with Gasteiger partial charge in [0.1, 0.15) is 0 Å². The molecule has 0 saturated carbocycles. The summed E-state index contributed by atoms with van der Waals surface area (Å²) >= 11 is 8.03. The largest absolute Gasteiger partial charge is 0.313 e. The van der Waals surface area contributed by atoms with Crippen LogP contribution in [0.15, 0.2) is 24.3 Å². The molecule has 1 nitrogen and oxygen atoms in total. The Bertz CT molecular complexity index is 278.